The molecule has 1 fully saturated rings. The van der Waals surface area contributed by atoms with E-state index >= 15 is 0 Å². The van der Waals surface area contributed by atoms with Gasteiger partial charge >= 0.3 is 0 Å². The first-order valence-electron chi connectivity index (χ1n) is 11.8. The van der Waals surface area contributed by atoms with Crippen molar-refractivity contribution in [2.24, 2.45) is 0 Å². The molecule has 1 amide bonds. The standard InChI is InChI=1S/C28H28FN3O3/c1-18-7-5-8-19(2)27(18)35-17-23(33)16-32-25-12-4-3-11-24(25)30-28(32)20-13-26(34)31(15-20)22-10-6-9-21(29)14-22/h3-12,14,20,23,33H,13,15-17H2,1-2H3. The molecule has 1 aromatic heterocycles. The Hall–Kier alpha value is -3.71. The highest BCUT2D eigenvalue weighted by Crippen LogP contribution is 2.33. The van der Waals surface area contributed by atoms with Crippen LogP contribution in [0.4, 0.5) is 10.1 Å². The lowest BCUT2D eigenvalue weighted by Gasteiger charge is -2.20. The Kier molecular flexibility index (Phi) is 6.26. The number of aliphatic hydroxyl groups is 1. The number of carbonyl (C=O) groups excluding carboxylic acids is 1. The van der Waals surface area contributed by atoms with Crippen LogP contribution in [0.5, 0.6) is 5.75 Å². The number of hydrogen-bond acceptors (Lipinski definition) is 4. The van der Waals surface area contributed by atoms with Crippen molar-refractivity contribution in [1.29, 1.82) is 0 Å². The molecule has 0 bridgehead atoms. The van der Waals surface area contributed by atoms with Crippen molar-refractivity contribution in [3.8, 4) is 5.75 Å². The molecule has 1 N–H and O–H groups in total. The molecule has 2 unspecified atom stereocenters. The molecule has 2 heterocycles. The molecule has 0 radical (unpaired) electrons. The fourth-order valence-corrected chi connectivity index (χ4v) is 4.84. The monoisotopic (exact) mass is 473 g/mol. The van der Waals surface area contributed by atoms with Crippen molar-refractivity contribution in [2.45, 2.75) is 38.8 Å². The van der Waals surface area contributed by atoms with Gasteiger partial charge in [0.2, 0.25) is 5.91 Å². The SMILES string of the molecule is Cc1cccc(C)c1OCC(O)Cn1c(C2CC(=O)N(c3cccc(F)c3)C2)nc2ccccc21. The second-order valence-corrected chi connectivity index (χ2v) is 9.14. The number of nitrogens with zero attached hydrogens (tertiary/aromatic N) is 3. The molecule has 2 atom stereocenters. The maximum Gasteiger partial charge on any atom is 0.227 e. The maximum atomic E-state index is 13.8. The summed E-state index contributed by atoms with van der Waals surface area (Å²) in [4.78, 5) is 19.3. The molecular weight excluding hydrogens is 445 g/mol. The molecule has 35 heavy (non-hydrogen) atoms. The zero-order chi connectivity index (χ0) is 24.5. The Bertz CT molecular complexity index is 1360. The molecule has 7 heteroatoms. The van der Waals surface area contributed by atoms with E-state index in [1.807, 2.05) is 60.9 Å². The zero-order valence-corrected chi connectivity index (χ0v) is 19.8. The number of aryl methyl sites for hydroxylation is 2. The summed E-state index contributed by atoms with van der Waals surface area (Å²) >= 11 is 0. The van der Waals surface area contributed by atoms with E-state index < -0.39 is 6.10 Å². The molecule has 6 nitrogen and oxygen atoms in total. The Balaban J connectivity index is 1.39. The van der Waals surface area contributed by atoms with Crippen LogP contribution >= 0.6 is 0 Å². The molecule has 1 saturated heterocycles. The Labute approximate surface area is 203 Å². The van der Waals surface area contributed by atoms with E-state index in [0.29, 0.717) is 12.2 Å². The number of amides is 1. The number of anilines is 1. The first-order chi connectivity index (χ1) is 16.9. The third-order valence-electron chi connectivity index (χ3n) is 6.52. The lowest BCUT2D eigenvalue weighted by atomic mass is 10.1. The molecule has 4 aromatic rings. The molecule has 1 aliphatic rings. The quantitative estimate of drug-likeness (QED) is 0.421. The third kappa shape index (κ3) is 4.64. The van der Waals surface area contributed by atoms with Gasteiger partial charge in [-0.25, -0.2) is 9.37 Å². The highest BCUT2D eigenvalue weighted by atomic mass is 19.1. The summed E-state index contributed by atoms with van der Waals surface area (Å²) in [7, 11) is 0. The summed E-state index contributed by atoms with van der Waals surface area (Å²) in [6.45, 7) is 4.79. The van der Waals surface area contributed by atoms with Crippen LogP contribution in [-0.2, 0) is 11.3 Å². The van der Waals surface area contributed by atoms with Crippen molar-refractivity contribution in [3.05, 3.63) is 89.5 Å². The number of para-hydroxylation sites is 3. The van der Waals surface area contributed by atoms with Gasteiger partial charge < -0.3 is 19.3 Å². The van der Waals surface area contributed by atoms with Crippen molar-refractivity contribution < 1.29 is 19.0 Å². The smallest absolute Gasteiger partial charge is 0.227 e. The van der Waals surface area contributed by atoms with Crippen LogP contribution < -0.4 is 9.64 Å². The lowest BCUT2D eigenvalue weighted by Crippen LogP contribution is -2.26. The normalized spacial score (nSPS) is 16.7. The maximum absolute atomic E-state index is 13.8. The van der Waals surface area contributed by atoms with E-state index in [0.717, 1.165) is 33.7 Å². The number of rotatable bonds is 7. The van der Waals surface area contributed by atoms with E-state index in [1.54, 1.807) is 17.0 Å². The minimum atomic E-state index is -0.776. The van der Waals surface area contributed by atoms with Crippen LogP contribution in [0, 0.1) is 19.7 Å². The van der Waals surface area contributed by atoms with Crippen LogP contribution in [0.25, 0.3) is 11.0 Å². The number of halogens is 1. The third-order valence-corrected chi connectivity index (χ3v) is 6.52. The number of ether oxygens (including phenoxy) is 1. The van der Waals surface area contributed by atoms with Crippen LogP contribution in [0.1, 0.15) is 29.3 Å². The second-order valence-electron chi connectivity index (χ2n) is 9.14. The summed E-state index contributed by atoms with van der Waals surface area (Å²) in [5.74, 6) is 0.903. The number of aliphatic hydroxyl groups excluding tert-OH is 1. The predicted molar refractivity (Wildman–Crippen MR) is 133 cm³/mol. The van der Waals surface area contributed by atoms with E-state index in [2.05, 4.69) is 0 Å². The molecule has 0 saturated carbocycles. The molecule has 3 aromatic carbocycles. The second kappa shape index (κ2) is 9.50. The number of imidazole rings is 1. The summed E-state index contributed by atoms with van der Waals surface area (Å²) in [6, 6.07) is 19.8. The molecule has 5 rings (SSSR count). The predicted octanol–water partition coefficient (Wildman–Crippen LogP) is 4.75. The van der Waals surface area contributed by atoms with Gasteiger partial charge in [-0.05, 0) is 55.3 Å². The van der Waals surface area contributed by atoms with Gasteiger partial charge in [0.1, 0.15) is 30.1 Å². The lowest BCUT2D eigenvalue weighted by molar-refractivity contribution is -0.117. The van der Waals surface area contributed by atoms with Gasteiger partial charge in [-0.3, -0.25) is 4.79 Å². The first-order valence-corrected chi connectivity index (χ1v) is 11.8. The van der Waals surface area contributed by atoms with Gasteiger partial charge in [0.25, 0.3) is 0 Å². The van der Waals surface area contributed by atoms with Gasteiger partial charge in [0.15, 0.2) is 0 Å². The van der Waals surface area contributed by atoms with Crippen molar-refractivity contribution >= 4 is 22.6 Å². The summed E-state index contributed by atoms with van der Waals surface area (Å²) < 4.78 is 21.7. The van der Waals surface area contributed by atoms with Gasteiger partial charge in [-0.1, -0.05) is 36.4 Å². The van der Waals surface area contributed by atoms with Crippen LogP contribution in [-0.4, -0.2) is 39.8 Å². The molecule has 0 aliphatic carbocycles. The van der Waals surface area contributed by atoms with Crippen LogP contribution in [0.2, 0.25) is 0 Å². The summed E-state index contributed by atoms with van der Waals surface area (Å²) in [5, 5.41) is 10.9. The van der Waals surface area contributed by atoms with Crippen LogP contribution in [0.15, 0.2) is 66.7 Å². The molecular formula is C28H28FN3O3. The van der Waals surface area contributed by atoms with Gasteiger partial charge in [0, 0.05) is 24.6 Å². The van der Waals surface area contributed by atoms with E-state index in [9.17, 15) is 14.3 Å². The number of aromatic nitrogens is 2. The Morgan fingerprint density at radius 3 is 2.60 bits per heavy atom. The minimum Gasteiger partial charge on any atom is -0.490 e. The highest BCUT2D eigenvalue weighted by molar-refractivity contribution is 5.96. The largest absolute Gasteiger partial charge is 0.490 e. The van der Waals surface area contributed by atoms with Gasteiger partial charge in [-0.15, -0.1) is 0 Å². The Morgan fingerprint density at radius 1 is 1.09 bits per heavy atom. The topological polar surface area (TPSA) is 67.6 Å². The first kappa shape index (κ1) is 23.1. The van der Waals surface area contributed by atoms with E-state index in [1.165, 1.54) is 12.1 Å². The zero-order valence-electron chi connectivity index (χ0n) is 19.8. The van der Waals surface area contributed by atoms with Gasteiger partial charge in [-0.2, -0.15) is 0 Å². The van der Waals surface area contributed by atoms with Crippen LogP contribution in [0.3, 0.4) is 0 Å². The highest BCUT2D eigenvalue weighted by Gasteiger charge is 2.35. The van der Waals surface area contributed by atoms with Crippen molar-refractivity contribution in [3.63, 3.8) is 0 Å². The summed E-state index contributed by atoms with van der Waals surface area (Å²) in [6.07, 6.45) is -0.503. The Morgan fingerprint density at radius 2 is 1.83 bits per heavy atom. The fourth-order valence-electron chi connectivity index (χ4n) is 4.84. The average molecular weight is 474 g/mol. The fraction of sp³-hybridized carbons (Fsp3) is 0.286. The molecule has 1 aliphatic heterocycles. The van der Waals surface area contributed by atoms with Crippen molar-refractivity contribution in [1.82, 2.24) is 9.55 Å². The van der Waals surface area contributed by atoms with Crippen molar-refractivity contribution in [2.75, 3.05) is 18.1 Å². The van der Waals surface area contributed by atoms with Gasteiger partial charge in [0.05, 0.1) is 17.6 Å². The number of fused-ring (bicyclic) bond motifs is 1. The minimum absolute atomic E-state index is 0.0712. The average Bonchev–Trinajstić information content (AvgIpc) is 3.39. The summed E-state index contributed by atoms with van der Waals surface area (Å²) in [5.41, 5.74) is 4.29. The van der Waals surface area contributed by atoms with E-state index in [4.69, 9.17) is 9.72 Å². The number of carbonyl (C=O) groups is 1. The molecule has 180 valence electrons. The van der Waals surface area contributed by atoms with E-state index in [-0.39, 0.29) is 37.2 Å². The number of hydrogen-bond donors (Lipinski definition) is 1. The number of benzene rings is 3. The molecule has 0 spiro atoms.